The van der Waals surface area contributed by atoms with E-state index in [-0.39, 0.29) is 6.10 Å². The molecule has 1 atom stereocenters. The highest BCUT2D eigenvalue weighted by Gasteiger charge is 2.11. The molecule has 0 saturated carbocycles. The van der Waals surface area contributed by atoms with Crippen molar-refractivity contribution in [3.8, 4) is 0 Å². The smallest absolute Gasteiger partial charge is 0.0897 e. The number of hydrogen-bond acceptors (Lipinski definition) is 3. The maximum atomic E-state index is 9.55. The Bertz CT molecular complexity index is 244. The van der Waals surface area contributed by atoms with Crippen molar-refractivity contribution < 1.29 is 5.11 Å². The molecule has 1 heterocycles. The van der Waals surface area contributed by atoms with Crippen LogP contribution in [0.5, 0.6) is 0 Å². The first-order chi connectivity index (χ1) is 5.59. The van der Waals surface area contributed by atoms with Gasteiger partial charge >= 0.3 is 0 Å². The molecular weight excluding hydrogens is 170 g/mol. The van der Waals surface area contributed by atoms with Crippen LogP contribution in [-0.4, -0.2) is 16.2 Å². The normalized spacial score (nSPS) is 13.8. The van der Waals surface area contributed by atoms with Gasteiger partial charge in [0.25, 0.3) is 0 Å². The molecule has 0 aliphatic heterocycles. The summed E-state index contributed by atoms with van der Waals surface area (Å²) in [5, 5.41) is 12.6. The van der Waals surface area contributed by atoms with Gasteiger partial charge in [0, 0.05) is 11.8 Å². The molecule has 0 fully saturated rings. The molecule has 0 bridgehead atoms. The molecule has 0 radical (unpaired) electrons. The van der Waals surface area contributed by atoms with Crippen LogP contribution in [0.4, 0.5) is 0 Å². The summed E-state index contributed by atoms with van der Waals surface area (Å²) in [5.41, 5.74) is 1.01. The molecule has 0 aliphatic carbocycles. The molecule has 0 spiro atoms. The molecule has 2 nitrogen and oxygen atoms in total. The lowest BCUT2D eigenvalue weighted by Gasteiger charge is -2.11. The third-order valence-corrected chi connectivity index (χ3v) is 2.68. The highest BCUT2D eigenvalue weighted by atomic mass is 32.1. The zero-order valence-corrected chi connectivity index (χ0v) is 8.56. The number of hydrogen-bond donors (Lipinski definition) is 1. The van der Waals surface area contributed by atoms with Crippen molar-refractivity contribution in [3.05, 3.63) is 16.1 Å². The molecule has 12 heavy (non-hydrogen) atoms. The summed E-state index contributed by atoms with van der Waals surface area (Å²) in [6.07, 6.45) is 0.425. The maximum absolute atomic E-state index is 9.55. The summed E-state index contributed by atoms with van der Waals surface area (Å²) >= 11 is 1.64. The average Bonchev–Trinajstić information content (AvgIpc) is 2.35. The molecule has 0 aromatic carbocycles. The second-order valence-electron chi connectivity index (χ2n) is 3.37. The van der Waals surface area contributed by atoms with Crippen molar-refractivity contribution >= 4 is 11.3 Å². The molecule has 0 aliphatic rings. The molecule has 1 rings (SSSR count). The van der Waals surface area contributed by atoms with E-state index in [0.717, 1.165) is 10.7 Å². The quantitative estimate of drug-likeness (QED) is 0.781. The standard InChI is InChI=1S/C9H15NOS/c1-6(2)9(11)4-8-5-12-7(3)10-8/h5-6,9,11H,4H2,1-3H3. The lowest BCUT2D eigenvalue weighted by atomic mass is 10.0. The molecule has 3 heteroatoms. The van der Waals surface area contributed by atoms with E-state index in [9.17, 15) is 5.11 Å². The molecule has 1 N–H and O–H groups in total. The Hall–Kier alpha value is -0.410. The van der Waals surface area contributed by atoms with Crippen LogP contribution in [0.25, 0.3) is 0 Å². The topological polar surface area (TPSA) is 33.1 Å². The highest BCUT2D eigenvalue weighted by molar-refractivity contribution is 7.09. The van der Waals surface area contributed by atoms with Gasteiger partial charge in [-0.3, -0.25) is 0 Å². The molecule has 68 valence electrons. The van der Waals surface area contributed by atoms with Gasteiger partial charge in [0.15, 0.2) is 0 Å². The van der Waals surface area contributed by atoms with Crippen LogP contribution in [-0.2, 0) is 6.42 Å². The first kappa shape index (κ1) is 9.68. The van der Waals surface area contributed by atoms with Gasteiger partial charge in [-0.15, -0.1) is 11.3 Å². The Morgan fingerprint density at radius 2 is 2.25 bits per heavy atom. The van der Waals surface area contributed by atoms with Crippen LogP contribution in [0.2, 0.25) is 0 Å². The molecule has 1 unspecified atom stereocenters. The molecule has 1 aromatic rings. The average molecular weight is 185 g/mol. The van der Waals surface area contributed by atoms with Crippen LogP contribution in [0.15, 0.2) is 5.38 Å². The van der Waals surface area contributed by atoms with E-state index >= 15 is 0 Å². The number of nitrogens with zero attached hydrogens (tertiary/aromatic N) is 1. The lowest BCUT2D eigenvalue weighted by Crippen LogP contribution is -2.17. The zero-order chi connectivity index (χ0) is 9.14. The van der Waals surface area contributed by atoms with Crippen molar-refractivity contribution in [3.63, 3.8) is 0 Å². The fraction of sp³-hybridized carbons (Fsp3) is 0.667. The van der Waals surface area contributed by atoms with Crippen molar-refractivity contribution in [2.75, 3.05) is 0 Å². The maximum Gasteiger partial charge on any atom is 0.0897 e. The van der Waals surface area contributed by atoms with E-state index in [0.29, 0.717) is 12.3 Å². The van der Waals surface area contributed by atoms with Crippen molar-refractivity contribution in [1.82, 2.24) is 4.98 Å². The predicted octanol–water partition coefficient (Wildman–Crippen LogP) is 2.01. The van der Waals surface area contributed by atoms with Gasteiger partial charge in [-0.2, -0.15) is 0 Å². The number of rotatable bonds is 3. The van der Waals surface area contributed by atoms with E-state index in [1.807, 2.05) is 26.2 Å². The largest absolute Gasteiger partial charge is 0.392 e. The SMILES string of the molecule is Cc1nc(CC(O)C(C)C)cs1. The monoisotopic (exact) mass is 185 g/mol. The molecule has 0 saturated heterocycles. The molecule has 1 aromatic heterocycles. The second-order valence-corrected chi connectivity index (χ2v) is 4.44. The zero-order valence-electron chi connectivity index (χ0n) is 7.74. The number of aromatic nitrogens is 1. The minimum Gasteiger partial charge on any atom is -0.392 e. The van der Waals surface area contributed by atoms with Gasteiger partial charge in [-0.05, 0) is 12.8 Å². The van der Waals surface area contributed by atoms with Gasteiger partial charge in [0.1, 0.15) is 0 Å². The second kappa shape index (κ2) is 4.01. The Kier molecular flexibility index (Phi) is 3.23. The van der Waals surface area contributed by atoms with Gasteiger partial charge in [0.05, 0.1) is 16.8 Å². The van der Waals surface area contributed by atoms with E-state index in [2.05, 4.69) is 4.98 Å². The fourth-order valence-corrected chi connectivity index (χ4v) is 1.58. The Morgan fingerprint density at radius 3 is 2.67 bits per heavy atom. The van der Waals surface area contributed by atoms with E-state index in [1.54, 1.807) is 11.3 Å². The van der Waals surface area contributed by atoms with Crippen molar-refractivity contribution in [2.24, 2.45) is 5.92 Å². The fourth-order valence-electron chi connectivity index (χ4n) is 0.952. The number of aliphatic hydroxyl groups is 1. The summed E-state index contributed by atoms with van der Waals surface area (Å²) in [7, 11) is 0. The number of thiazole rings is 1. The summed E-state index contributed by atoms with van der Waals surface area (Å²) in [6.45, 7) is 6.02. The summed E-state index contributed by atoms with van der Waals surface area (Å²) in [5.74, 6) is 0.312. The lowest BCUT2D eigenvalue weighted by molar-refractivity contribution is 0.125. The van der Waals surface area contributed by atoms with E-state index in [4.69, 9.17) is 0 Å². The van der Waals surface area contributed by atoms with Gasteiger partial charge in [-0.1, -0.05) is 13.8 Å². The Balaban J connectivity index is 2.52. The van der Waals surface area contributed by atoms with Gasteiger partial charge < -0.3 is 5.11 Å². The van der Waals surface area contributed by atoms with E-state index < -0.39 is 0 Å². The minimum absolute atomic E-state index is 0.258. The Labute approximate surface area is 77.3 Å². The number of aliphatic hydroxyl groups excluding tert-OH is 1. The molecular formula is C9H15NOS. The highest BCUT2D eigenvalue weighted by Crippen LogP contribution is 2.13. The molecule has 0 amide bonds. The summed E-state index contributed by atoms with van der Waals surface area (Å²) < 4.78 is 0. The third-order valence-electron chi connectivity index (χ3n) is 1.85. The Morgan fingerprint density at radius 1 is 1.58 bits per heavy atom. The van der Waals surface area contributed by atoms with Crippen molar-refractivity contribution in [1.29, 1.82) is 0 Å². The first-order valence-electron chi connectivity index (χ1n) is 4.18. The van der Waals surface area contributed by atoms with E-state index in [1.165, 1.54) is 0 Å². The number of aryl methyl sites for hydroxylation is 1. The summed E-state index contributed by atoms with van der Waals surface area (Å²) in [6, 6.07) is 0. The van der Waals surface area contributed by atoms with Gasteiger partial charge in [0.2, 0.25) is 0 Å². The summed E-state index contributed by atoms with van der Waals surface area (Å²) in [4.78, 5) is 4.29. The van der Waals surface area contributed by atoms with Crippen LogP contribution in [0, 0.1) is 12.8 Å². The van der Waals surface area contributed by atoms with Crippen LogP contribution in [0.3, 0.4) is 0 Å². The minimum atomic E-state index is -0.258. The van der Waals surface area contributed by atoms with Crippen LogP contribution >= 0.6 is 11.3 Å². The first-order valence-corrected chi connectivity index (χ1v) is 5.06. The van der Waals surface area contributed by atoms with Crippen molar-refractivity contribution in [2.45, 2.75) is 33.3 Å². The van der Waals surface area contributed by atoms with Gasteiger partial charge in [-0.25, -0.2) is 4.98 Å². The van der Waals surface area contributed by atoms with Crippen LogP contribution in [0.1, 0.15) is 24.5 Å². The van der Waals surface area contributed by atoms with Crippen LogP contribution < -0.4 is 0 Å². The third kappa shape index (κ3) is 2.57. The predicted molar refractivity (Wildman–Crippen MR) is 51.4 cm³/mol.